The van der Waals surface area contributed by atoms with Crippen molar-refractivity contribution in [3.8, 4) is 0 Å². The first-order valence-corrected chi connectivity index (χ1v) is 6.37. The van der Waals surface area contributed by atoms with Crippen molar-refractivity contribution in [2.45, 2.75) is 17.6 Å². The van der Waals surface area contributed by atoms with Crippen LogP contribution in [-0.4, -0.2) is 34.3 Å². The number of halogens is 1. The van der Waals surface area contributed by atoms with Crippen LogP contribution in [0.25, 0.3) is 0 Å². The third-order valence-corrected chi connectivity index (χ3v) is 3.83. The van der Waals surface area contributed by atoms with Gasteiger partial charge in [0.25, 0.3) is 0 Å². The number of carbonyl (C=O) groups excluding carboxylic acids is 1. The molecule has 2 rings (SSSR count). The zero-order valence-electron chi connectivity index (χ0n) is 7.46. The molecule has 0 bridgehead atoms. The van der Waals surface area contributed by atoms with Gasteiger partial charge in [-0.25, -0.2) is 0 Å². The van der Waals surface area contributed by atoms with E-state index in [4.69, 9.17) is 11.6 Å². The molecule has 0 aromatic carbocycles. The van der Waals surface area contributed by atoms with Crippen molar-refractivity contribution in [2.75, 3.05) is 19.3 Å². The Morgan fingerprint density at radius 3 is 2.62 bits per heavy atom. The lowest BCUT2D eigenvalue weighted by Gasteiger charge is -2.01. The van der Waals surface area contributed by atoms with E-state index in [9.17, 15) is 4.79 Å². The van der Waals surface area contributed by atoms with E-state index in [0.29, 0.717) is 11.1 Å². The number of alkyl halides is 1. The minimum Gasteiger partial charge on any atom is -0.300 e. The van der Waals surface area contributed by atoms with Gasteiger partial charge >= 0.3 is 0 Å². The van der Waals surface area contributed by atoms with E-state index in [0.717, 1.165) is 18.7 Å². The Balaban J connectivity index is 0.000000132. The Morgan fingerprint density at radius 1 is 1.69 bits per heavy atom. The molecule has 6 heteroatoms. The standard InChI is InChI=1S/C4H8ClNS.C3H5NOS/c1-6-3-2-4(5)7-6;5-3-1-2-6-4-3/h4H,2-3H2,1H3;1-2H2,(H,4,5). The van der Waals surface area contributed by atoms with E-state index in [1.165, 1.54) is 11.9 Å². The molecule has 13 heavy (non-hydrogen) atoms. The lowest BCUT2D eigenvalue weighted by Crippen LogP contribution is -2.04. The molecule has 0 aromatic rings. The lowest BCUT2D eigenvalue weighted by molar-refractivity contribution is -0.118. The van der Waals surface area contributed by atoms with Crippen molar-refractivity contribution in [1.29, 1.82) is 0 Å². The first-order chi connectivity index (χ1) is 6.18. The topological polar surface area (TPSA) is 32.3 Å². The highest BCUT2D eigenvalue weighted by Crippen LogP contribution is 2.28. The molecule has 76 valence electrons. The number of hydrogen-bond acceptors (Lipinski definition) is 4. The minimum atomic E-state index is 0.167. The highest BCUT2D eigenvalue weighted by Gasteiger charge is 2.16. The van der Waals surface area contributed by atoms with Crippen LogP contribution in [0.2, 0.25) is 0 Å². The number of hydrogen-bond donors (Lipinski definition) is 1. The van der Waals surface area contributed by atoms with E-state index in [1.807, 2.05) is 0 Å². The molecule has 1 atom stereocenters. The van der Waals surface area contributed by atoms with Gasteiger partial charge in [-0.15, -0.1) is 11.6 Å². The minimum absolute atomic E-state index is 0.167. The fourth-order valence-electron chi connectivity index (χ4n) is 0.910. The van der Waals surface area contributed by atoms with Crippen LogP contribution in [0, 0.1) is 0 Å². The average Bonchev–Trinajstić information content (AvgIpc) is 2.64. The maximum absolute atomic E-state index is 10.1. The molecule has 2 aliphatic heterocycles. The SMILES string of the molecule is CN1CCC(Cl)S1.O=C1CCSN1. The Kier molecular flexibility index (Phi) is 5.31. The molecule has 0 aliphatic carbocycles. The highest BCUT2D eigenvalue weighted by molar-refractivity contribution is 7.99. The van der Waals surface area contributed by atoms with Gasteiger partial charge in [0, 0.05) is 18.7 Å². The van der Waals surface area contributed by atoms with Gasteiger partial charge in [-0.3, -0.25) is 9.10 Å². The molecule has 2 aliphatic rings. The number of carbonyl (C=O) groups is 1. The molecule has 0 aromatic heterocycles. The molecular formula is C7H13ClN2OS2. The van der Waals surface area contributed by atoms with E-state index in [-0.39, 0.29) is 5.91 Å². The summed E-state index contributed by atoms with van der Waals surface area (Å²) in [5.41, 5.74) is 0. The smallest absolute Gasteiger partial charge is 0.230 e. The van der Waals surface area contributed by atoms with Crippen LogP contribution in [0.1, 0.15) is 12.8 Å². The Bertz CT molecular complexity index is 166. The third kappa shape index (κ3) is 5.00. The predicted octanol–water partition coefficient (Wildman–Crippen LogP) is 1.69. The highest BCUT2D eigenvalue weighted by atomic mass is 35.5. The summed E-state index contributed by atoms with van der Waals surface area (Å²) in [6.07, 6.45) is 1.83. The molecule has 3 nitrogen and oxygen atoms in total. The van der Waals surface area contributed by atoms with Gasteiger partial charge in [-0.1, -0.05) is 11.9 Å². The first kappa shape index (κ1) is 11.5. The maximum atomic E-state index is 10.1. The number of rotatable bonds is 0. The molecule has 2 fully saturated rings. The second kappa shape index (κ2) is 6.01. The maximum Gasteiger partial charge on any atom is 0.230 e. The first-order valence-electron chi connectivity index (χ1n) is 4.11. The van der Waals surface area contributed by atoms with Crippen LogP contribution in [0.3, 0.4) is 0 Å². The fourth-order valence-corrected chi connectivity index (χ4v) is 2.88. The van der Waals surface area contributed by atoms with Crippen LogP contribution in [0.5, 0.6) is 0 Å². The number of nitrogens with zero attached hydrogens (tertiary/aromatic N) is 1. The monoisotopic (exact) mass is 240 g/mol. The predicted molar refractivity (Wildman–Crippen MR) is 59.7 cm³/mol. The van der Waals surface area contributed by atoms with Crippen LogP contribution in [0.15, 0.2) is 0 Å². The van der Waals surface area contributed by atoms with Crippen molar-refractivity contribution in [3.05, 3.63) is 0 Å². The summed E-state index contributed by atoms with van der Waals surface area (Å²) < 4.78 is 5.10. The van der Waals surface area contributed by atoms with Gasteiger partial charge in [0.15, 0.2) is 0 Å². The zero-order valence-corrected chi connectivity index (χ0v) is 9.84. The molecule has 2 heterocycles. The van der Waals surface area contributed by atoms with Gasteiger partial charge in [0.2, 0.25) is 5.91 Å². The van der Waals surface area contributed by atoms with E-state index in [1.54, 1.807) is 11.9 Å². The van der Waals surface area contributed by atoms with Gasteiger partial charge in [0.1, 0.15) is 0 Å². The number of amides is 1. The molecule has 0 radical (unpaired) electrons. The second-order valence-corrected chi connectivity index (χ2v) is 5.87. The van der Waals surface area contributed by atoms with Crippen molar-refractivity contribution < 1.29 is 4.79 Å². The van der Waals surface area contributed by atoms with Crippen molar-refractivity contribution in [1.82, 2.24) is 9.03 Å². The largest absolute Gasteiger partial charge is 0.300 e. The summed E-state index contributed by atoms with van der Waals surface area (Å²) in [6.45, 7) is 1.14. The summed E-state index contributed by atoms with van der Waals surface area (Å²) in [4.78, 5) is 10.1. The summed E-state index contributed by atoms with van der Waals surface area (Å²) >= 11 is 8.93. The van der Waals surface area contributed by atoms with Gasteiger partial charge in [0.05, 0.1) is 4.71 Å². The van der Waals surface area contributed by atoms with Crippen LogP contribution >= 0.6 is 35.5 Å². The summed E-state index contributed by atoms with van der Waals surface area (Å²) in [6, 6.07) is 0. The molecule has 1 unspecified atom stereocenters. The van der Waals surface area contributed by atoms with Crippen LogP contribution in [0.4, 0.5) is 0 Å². The van der Waals surface area contributed by atoms with Gasteiger partial charge in [-0.2, -0.15) is 0 Å². The zero-order chi connectivity index (χ0) is 9.68. The number of nitrogens with one attached hydrogen (secondary N) is 1. The van der Waals surface area contributed by atoms with Crippen molar-refractivity contribution in [2.24, 2.45) is 0 Å². The summed E-state index contributed by atoms with van der Waals surface area (Å²) in [5, 5.41) is 0. The molecule has 0 spiro atoms. The molecule has 1 amide bonds. The second-order valence-electron chi connectivity index (χ2n) is 2.78. The molecule has 1 N–H and O–H groups in total. The Labute approximate surface area is 92.2 Å². The Hall–Kier alpha value is 0.420. The van der Waals surface area contributed by atoms with E-state index >= 15 is 0 Å². The van der Waals surface area contributed by atoms with Crippen LogP contribution in [-0.2, 0) is 4.79 Å². The fraction of sp³-hybridized carbons (Fsp3) is 0.857. The van der Waals surface area contributed by atoms with E-state index in [2.05, 4.69) is 16.1 Å². The van der Waals surface area contributed by atoms with Crippen LogP contribution < -0.4 is 4.72 Å². The van der Waals surface area contributed by atoms with Crippen molar-refractivity contribution >= 4 is 41.4 Å². The van der Waals surface area contributed by atoms with Gasteiger partial charge in [-0.05, 0) is 25.4 Å². The van der Waals surface area contributed by atoms with Gasteiger partial charge < -0.3 is 4.72 Å². The van der Waals surface area contributed by atoms with Crippen molar-refractivity contribution in [3.63, 3.8) is 0 Å². The normalized spacial score (nSPS) is 28.2. The molecule has 2 saturated heterocycles. The average molecular weight is 241 g/mol. The molecular weight excluding hydrogens is 228 g/mol. The molecule has 0 saturated carbocycles. The Morgan fingerprint density at radius 2 is 2.46 bits per heavy atom. The van der Waals surface area contributed by atoms with E-state index < -0.39 is 0 Å². The lowest BCUT2D eigenvalue weighted by atomic mass is 10.5. The summed E-state index contributed by atoms with van der Waals surface area (Å²) in [7, 11) is 2.06. The quantitative estimate of drug-likeness (QED) is 0.516. The summed E-state index contributed by atoms with van der Waals surface area (Å²) in [5.74, 6) is 1.11. The third-order valence-electron chi connectivity index (χ3n) is 1.58.